The van der Waals surface area contributed by atoms with Gasteiger partial charge in [-0.1, -0.05) is 23.7 Å². The summed E-state index contributed by atoms with van der Waals surface area (Å²) >= 11 is 5.69. The number of carbonyl (C=O) groups is 1. The summed E-state index contributed by atoms with van der Waals surface area (Å²) in [5.41, 5.74) is 0.393. The zero-order valence-electron chi connectivity index (χ0n) is 5.75. The maximum Gasteiger partial charge on any atom is 0.277 e. The summed E-state index contributed by atoms with van der Waals surface area (Å²) in [7, 11) is 0. The molecule has 0 aliphatic heterocycles. The number of carbonyl (C=O) groups excluding carboxylic acids is 1. The van der Waals surface area contributed by atoms with E-state index in [9.17, 15) is 4.79 Å². The Bertz CT molecular complexity index is 296. The standard InChI is InChI=1S/C8H6ClNO/c1-10-8(11)6-4-2-3-5-7(6)9/h2-5H,1H2. The summed E-state index contributed by atoms with van der Waals surface area (Å²) in [6, 6.07) is 6.73. The molecule has 0 fully saturated rings. The molecule has 1 aromatic rings. The van der Waals surface area contributed by atoms with Crippen molar-refractivity contribution < 1.29 is 4.79 Å². The van der Waals surface area contributed by atoms with Gasteiger partial charge >= 0.3 is 0 Å². The monoisotopic (exact) mass is 167 g/mol. The first-order valence-electron chi connectivity index (χ1n) is 3.01. The molecule has 3 heteroatoms. The van der Waals surface area contributed by atoms with Crippen molar-refractivity contribution in [1.82, 2.24) is 0 Å². The molecule has 1 amide bonds. The molecule has 0 aromatic heterocycles. The van der Waals surface area contributed by atoms with E-state index in [1.165, 1.54) is 0 Å². The topological polar surface area (TPSA) is 29.4 Å². The summed E-state index contributed by atoms with van der Waals surface area (Å²) in [5, 5.41) is 0.407. The van der Waals surface area contributed by atoms with E-state index in [-0.39, 0.29) is 0 Å². The molecular weight excluding hydrogens is 162 g/mol. The molecule has 1 aromatic carbocycles. The molecule has 0 radical (unpaired) electrons. The van der Waals surface area contributed by atoms with E-state index in [1.54, 1.807) is 24.3 Å². The lowest BCUT2D eigenvalue weighted by atomic mass is 10.2. The normalized spacial score (nSPS) is 9.18. The van der Waals surface area contributed by atoms with E-state index in [2.05, 4.69) is 11.7 Å². The van der Waals surface area contributed by atoms with Gasteiger partial charge in [0.25, 0.3) is 5.91 Å². The van der Waals surface area contributed by atoms with Crippen molar-refractivity contribution >= 4 is 24.2 Å². The van der Waals surface area contributed by atoms with E-state index in [0.717, 1.165) is 0 Å². The highest BCUT2D eigenvalue weighted by atomic mass is 35.5. The Labute approximate surface area is 69.5 Å². The van der Waals surface area contributed by atoms with Gasteiger partial charge in [0.2, 0.25) is 0 Å². The number of aliphatic imine (C=N–C) groups is 1. The van der Waals surface area contributed by atoms with Gasteiger partial charge in [-0.3, -0.25) is 4.79 Å². The first-order valence-corrected chi connectivity index (χ1v) is 3.39. The Kier molecular flexibility index (Phi) is 2.39. The minimum absolute atomic E-state index is 0.393. The molecule has 0 bridgehead atoms. The van der Waals surface area contributed by atoms with Crippen molar-refractivity contribution in [2.24, 2.45) is 4.99 Å². The number of hydrogen-bond donors (Lipinski definition) is 0. The van der Waals surface area contributed by atoms with Crippen molar-refractivity contribution in [2.75, 3.05) is 0 Å². The summed E-state index contributed by atoms with van der Waals surface area (Å²) in [6.45, 7) is 3.12. The lowest BCUT2D eigenvalue weighted by Crippen LogP contribution is -1.93. The van der Waals surface area contributed by atoms with Crippen LogP contribution in [-0.2, 0) is 0 Å². The second kappa shape index (κ2) is 3.30. The molecule has 0 atom stereocenters. The summed E-state index contributed by atoms with van der Waals surface area (Å²) < 4.78 is 0. The van der Waals surface area contributed by atoms with Crippen LogP contribution in [0.4, 0.5) is 0 Å². The zero-order chi connectivity index (χ0) is 8.27. The van der Waals surface area contributed by atoms with Crippen LogP contribution in [0.5, 0.6) is 0 Å². The third kappa shape index (κ3) is 1.65. The second-order valence-electron chi connectivity index (χ2n) is 1.94. The van der Waals surface area contributed by atoms with E-state index >= 15 is 0 Å². The van der Waals surface area contributed by atoms with Crippen LogP contribution < -0.4 is 0 Å². The first kappa shape index (κ1) is 7.95. The number of halogens is 1. The van der Waals surface area contributed by atoms with Gasteiger partial charge in [-0.2, -0.15) is 0 Å². The predicted molar refractivity (Wildman–Crippen MR) is 45.3 cm³/mol. The highest BCUT2D eigenvalue weighted by molar-refractivity contribution is 6.33. The van der Waals surface area contributed by atoms with Gasteiger partial charge in [-0.05, 0) is 18.9 Å². The van der Waals surface area contributed by atoms with Crippen molar-refractivity contribution in [3.8, 4) is 0 Å². The third-order valence-electron chi connectivity index (χ3n) is 1.25. The predicted octanol–water partition coefficient (Wildman–Crippen LogP) is 2.18. The molecule has 1 rings (SSSR count). The van der Waals surface area contributed by atoms with Crippen LogP contribution in [0.15, 0.2) is 29.3 Å². The molecule has 0 saturated heterocycles. The number of hydrogen-bond acceptors (Lipinski definition) is 1. The van der Waals surface area contributed by atoms with Gasteiger partial charge in [0.1, 0.15) is 0 Å². The molecule has 0 aliphatic rings. The summed E-state index contributed by atoms with van der Waals surface area (Å²) in [4.78, 5) is 14.2. The van der Waals surface area contributed by atoms with Gasteiger partial charge in [0.15, 0.2) is 0 Å². The largest absolute Gasteiger partial charge is 0.277 e. The van der Waals surface area contributed by atoms with Gasteiger partial charge in [-0.25, -0.2) is 4.99 Å². The second-order valence-corrected chi connectivity index (χ2v) is 2.35. The molecule has 0 unspecified atom stereocenters. The minimum Gasteiger partial charge on any atom is -0.267 e. The van der Waals surface area contributed by atoms with Gasteiger partial charge in [-0.15, -0.1) is 0 Å². The summed E-state index contributed by atoms with van der Waals surface area (Å²) in [5.74, 6) is -0.393. The lowest BCUT2D eigenvalue weighted by molar-refractivity contribution is 0.100. The van der Waals surface area contributed by atoms with Gasteiger partial charge < -0.3 is 0 Å². The van der Waals surface area contributed by atoms with E-state index in [0.29, 0.717) is 10.6 Å². The number of amides is 1. The molecule has 2 nitrogen and oxygen atoms in total. The van der Waals surface area contributed by atoms with Crippen LogP contribution in [0.1, 0.15) is 10.4 Å². The van der Waals surface area contributed by atoms with Gasteiger partial charge in [0, 0.05) is 0 Å². The SMILES string of the molecule is C=NC(=O)c1ccccc1Cl. The highest BCUT2D eigenvalue weighted by Gasteiger charge is 2.05. The molecule has 11 heavy (non-hydrogen) atoms. The quantitative estimate of drug-likeness (QED) is 0.590. The van der Waals surface area contributed by atoms with Crippen LogP contribution in [0.3, 0.4) is 0 Å². The molecule has 0 spiro atoms. The van der Waals surface area contributed by atoms with Crippen molar-refractivity contribution in [3.63, 3.8) is 0 Å². The van der Waals surface area contributed by atoms with Crippen molar-refractivity contribution in [3.05, 3.63) is 34.9 Å². The van der Waals surface area contributed by atoms with E-state index in [1.807, 2.05) is 0 Å². The minimum atomic E-state index is -0.393. The molecule has 0 N–H and O–H groups in total. The van der Waals surface area contributed by atoms with E-state index in [4.69, 9.17) is 11.6 Å². The maximum absolute atomic E-state index is 10.9. The fourth-order valence-corrected chi connectivity index (χ4v) is 0.936. The summed E-state index contributed by atoms with van der Waals surface area (Å²) in [6.07, 6.45) is 0. The zero-order valence-corrected chi connectivity index (χ0v) is 6.51. The highest BCUT2D eigenvalue weighted by Crippen LogP contribution is 2.15. The fraction of sp³-hybridized carbons (Fsp3) is 0. The van der Waals surface area contributed by atoms with Crippen LogP contribution >= 0.6 is 11.6 Å². The average Bonchev–Trinajstić information content (AvgIpc) is 2.04. The Hall–Kier alpha value is -1.15. The number of nitrogens with zero attached hydrogens (tertiary/aromatic N) is 1. The molecule has 56 valence electrons. The smallest absolute Gasteiger partial charge is 0.267 e. The molecule has 0 heterocycles. The lowest BCUT2D eigenvalue weighted by Gasteiger charge is -1.95. The first-order chi connectivity index (χ1) is 5.25. The average molecular weight is 168 g/mol. The van der Waals surface area contributed by atoms with Crippen LogP contribution in [0, 0.1) is 0 Å². The Morgan fingerprint density at radius 1 is 1.45 bits per heavy atom. The molecule has 0 saturated carbocycles. The van der Waals surface area contributed by atoms with Crippen molar-refractivity contribution in [1.29, 1.82) is 0 Å². The Morgan fingerprint density at radius 3 is 2.64 bits per heavy atom. The number of rotatable bonds is 1. The molecule has 0 aliphatic carbocycles. The number of benzene rings is 1. The van der Waals surface area contributed by atoms with Crippen LogP contribution in [0.2, 0.25) is 5.02 Å². The Balaban J connectivity index is 3.13. The van der Waals surface area contributed by atoms with E-state index < -0.39 is 5.91 Å². The van der Waals surface area contributed by atoms with Crippen LogP contribution in [0.25, 0.3) is 0 Å². The Morgan fingerprint density at radius 2 is 2.09 bits per heavy atom. The van der Waals surface area contributed by atoms with Crippen molar-refractivity contribution in [2.45, 2.75) is 0 Å². The van der Waals surface area contributed by atoms with Gasteiger partial charge in [0.05, 0.1) is 10.6 Å². The fourth-order valence-electron chi connectivity index (χ4n) is 0.720. The molecular formula is C8H6ClNO. The maximum atomic E-state index is 10.9. The van der Waals surface area contributed by atoms with Crippen LogP contribution in [-0.4, -0.2) is 12.6 Å². The third-order valence-corrected chi connectivity index (χ3v) is 1.58.